The Balaban J connectivity index is 1.64. The Morgan fingerprint density at radius 1 is 1.17 bits per heavy atom. The highest BCUT2D eigenvalue weighted by Gasteiger charge is 2.37. The predicted octanol–water partition coefficient (Wildman–Crippen LogP) is 1.89. The van der Waals surface area contributed by atoms with Crippen LogP contribution in [-0.2, 0) is 0 Å². The lowest BCUT2D eigenvalue weighted by Crippen LogP contribution is -2.45. The molecule has 1 N–H and O–H groups in total. The number of aliphatic hydroxyl groups excluding tert-OH is 1. The van der Waals surface area contributed by atoms with Crippen LogP contribution in [0.1, 0.15) is 44.7 Å². The van der Waals surface area contributed by atoms with Gasteiger partial charge in [-0.2, -0.15) is 9.61 Å². The fraction of sp³-hybridized carbons (Fsp3) is 0.667. The van der Waals surface area contributed by atoms with E-state index in [-0.39, 0.29) is 12.1 Å². The van der Waals surface area contributed by atoms with Gasteiger partial charge in [0.2, 0.25) is 0 Å². The summed E-state index contributed by atoms with van der Waals surface area (Å²) in [5.41, 5.74) is 1.96. The quantitative estimate of drug-likeness (QED) is 0.932. The first kappa shape index (κ1) is 15.8. The zero-order valence-corrected chi connectivity index (χ0v) is 14.6. The van der Waals surface area contributed by atoms with E-state index in [0.717, 1.165) is 36.8 Å². The SMILES string of the molecule is CC(C)c1cc(N2C[C@@H](O)[C@H](N3CCCCC3)C2)n2nccc2n1. The molecule has 6 heteroatoms. The topological polar surface area (TPSA) is 56.9 Å². The molecule has 4 rings (SSSR count). The summed E-state index contributed by atoms with van der Waals surface area (Å²) < 4.78 is 1.90. The number of anilines is 1. The van der Waals surface area contributed by atoms with Gasteiger partial charge in [-0.15, -0.1) is 0 Å². The Kier molecular flexibility index (Phi) is 4.18. The summed E-state index contributed by atoms with van der Waals surface area (Å²) in [7, 11) is 0. The molecule has 0 spiro atoms. The number of aliphatic hydroxyl groups is 1. The molecule has 130 valence electrons. The lowest BCUT2D eigenvalue weighted by Gasteiger charge is -2.33. The summed E-state index contributed by atoms with van der Waals surface area (Å²) in [6, 6.07) is 4.31. The molecular formula is C18H27N5O. The molecule has 0 aliphatic carbocycles. The summed E-state index contributed by atoms with van der Waals surface area (Å²) >= 11 is 0. The zero-order valence-electron chi connectivity index (χ0n) is 14.6. The maximum absolute atomic E-state index is 10.6. The van der Waals surface area contributed by atoms with E-state index in [2.05, 4.69) is 34.8 Å². The Bertz CT molecular complexity index is 706. The number of β-amino-alcohol motifs (C(OH)–C–C–N with tert-alkyl or cyclic N) is 1. The van der Waals surface area contributed by atoms with Gasteiger partial charge in [0.15, 0.2) is 5.65 Å². The summed E-state index contributed by atoms with van der Waals surface area (Å²) in [6.45, 7) is 8.07. The number of hydrogen-bond acceptors (Lipinski definition) is 5. The van der Waals surface area contributed by atoms with Gasteiger partial charge in [-0.25, -0.2) is 4.98 Å². The van der Waals surface area contributed by atoms with Crippen LogP contribution in [-0.4, -0.2) is 62.9 Å². The van der Waals surface area contributed by atoms with Crippen molar-refractivity contribution in [2.75, 3.05) is 31.1 Å². The van der Waals surface area contributed by atoms with Gasteiger partial charge in [-0.05, 0) is 31.8 Å². The molecule has 2 aromatic heterocycles. The summed E-state index contributed by atoms with van der Waals surface area (Å²) in [4.78, 5) is 9.44. The van der Waals surface area contributed by atoms with E-state index in [1.54, 1.807) is 6.20 Å². The molecule has 2 aliphatic heterocycles. The standard InChI is InChI=1S/C18H27N5O/c1-13(2)14-10-18(23-17(20-14)6-7-19-23)22-11-15(16(24)12-22)21-8-4-3-5-9-21/h6-7,10,13,15-16,24H,3-5,8-9,11-12H2,1-2H3/t15-,16-/m1/s1. The number of aromatic nitrogens is 3. The molecule has 0 saturated carbocycles. The van der Waals surface area contributed by atoms with Gasteiger partial charge in [0.25, 0.3) is 0 Å². The van der Waals surface area contributed by atoms with Crippen LogP contribution < -0.4 is 4.90 Å². The molecule has 0 amide bonds. The summed E-state index contributed by atoms with van der Waals surface area (Å²) in [6.07, 6.45) is 5.31. The smallest absolute Gasteiger partial charge is 0.157 e. The zero-order chi connectivity index (χ0) is 16.7. The van der Waals surface area contributed by atoms with Crippen molar-refractivity contribution in [1.29, 1.82) is 0 Å². The number of hydrogen-bond donors (Lipinski definition) is 1. The second-order valence-electron chi connectivity index (χ2n) is 7.43. The van der Waals surface area contributed by atoms with Crippen molar-refractivity contribution >= 4 is 11.5 Å². The molecular weight excluding hydrogens is 302 g/mol. The average Bonchev–Trinajstić information content (AvgIpc) is 3.21. The van der Waals surface area contributed by atoms with E-state index in [4.69, 9.17) is 4.98 Å². The highest BCUT2D eigenvalue weighted by Crippen LogP contribution is 2.27. The number of nitrogens with zero attached hydrogens (tertiary/aromatic N) is 5. The molecule has 0 aromatic carbocycles. The van der Waals surface area contributed by atoms with Crippen LogP contribution >= 0.6 is 0 Å². The molecule has 6 nitrogen and oxygen atoms in total. The van der Waals surface area contributed by atoms with Crippen LogP contribution in [0.5, 0.6) is 0 Å². The third kappa shape index (κ3) is 2.78. The third-order valence-corrected chi connectivity index (χ3v) is 5.39. The van der Waals surface area contributed by atoms with Crippen LogP contribution in [0.15, 0.2) is 18.3 Å². The van der Waals surface area contributed by atoms with E-state index >= 15 is 0 Å². The van der Waals surface area contributed by atoms with Gasteiger partial charge in [0.05, 0.1) is 18.3 Å². The van der Waals surface area contributed by atoms with Gasteiger partial charge in [0, 0.05) is 30.9 Å². The molecule has 0 bridgehead atoms. The van der Waals surface area contributed by atoms with Crippen LogP contribution in [0.4, 0.5) is 5.82 Å². The second kappa shape index (κ2) is 6.33. The molecule has 2 saturated heterocycles. The van der Waals surface area contributed by atoms with Crippen LogP contribution in [0, 0.1) is 0 Å². The van der Waals surface area contributed by atoms with Crippen LogP contribution in [0.3, 0.4) is 0 Å². The Morgan fingerprint density at radius 3 is 2.71 bits per heavy atom. The second-order valence-corrected chi connectivity index (χ2v) is 7.43. The van der Waals surface area contributed by atoms with Gasteiger partial charge < -0.3 is 10.0 Å². The van der Waals surface area contributed by atoms with E-state index in [1.165, 1.54) is 19.3 Å². The first-order chi connectivity index (χ1) is 11.6. The molecule has 4 heterocycles. The van der Waals surface area contributed by atoms with Gasteiger partial charge in [-0.1, -0.05) is 20.3 Å². The first-order valence-corrected chi connectivity index (χ1v) is 9.15. The Morgan fingerprint density at radius 2 is 1.96 bits per heavy atom. The van der Waals surface area contributed by atoms with Crippen molar-refractivity contribution in [3.63, 3.8) is 0 Å². The highest BCUT2D eigenvalue weighted by atomic mass is 16.3. The fourth-order valence-electron chi connectivity index (χ4n) is 4.00. The van der Waals surface area contributed by atoms with Gasteiger partial charge >= 0.3 is 0 Å². The molecule has 2 aliphatic rings. The summed E-state index contributed by atoms with van der Waals surface area (Å²) in [5.74, 6) is 1.42. The molecule has 0 radical (unpaired) electrons. The van der Waals surface area contributed by atoms with Crippen molar-refractivity contribution in [3.05, 3.63) is 24.0 Å². The van der Waals surface area contributed by atoms with E-state index in [0.29, 0.717) is 12.5 Å². The fourth-order valence-corrected chi connectivity index (χ4v) is 4.00. The monoisotopic (exact) mass is 329 g/mol. The number of piperidine rings is 1. The van der Waals surface area contributed by atoms with E-state index in [1.807, 2.05) is 10.6 Å². The normalized spacial score (nSPS) is 25.9. The minimum atomic E-state index is -0.302. The largest absolute Gasteiger partial charge is 0.390 e. The lowest BCUT2D eigenvalue weighted by molar-refractivity contribution is 0.0706. The van der Waals surface area contributed by atoms with Gasteiger partial charge in [-0.3, -0.25) is 4.90 Å². The molecule has 2 fully saturated rings. The average molecular weight is 329 g/mol. The van der Waals surface area contributed by atoms with Gasteiger partial charge in [0.1, 0.15) is 5.82 Å². The molecule has 24 heavy (non-hydrogen) atoms. The van der Waals surface area contributed by atoms with Crippen LogP contribution in [0.25, 0.3) is 5.65 Å². The third-order valence-electron chi connectivity index (χ3n) is 5.39. The summed E-state index contributed by atoms with van der Waals surface area (Å²) in [5, 5.41) is 15.1. The highest BCUT2D eigenvalue weighted by molar-refractivity contribution is 5.52. The van der Waals surface area contributed by atoms with Crippen molar-refractivity contribution in [2.45, 2.75) is 51.2 Å². The molecule has 0 unspecified atom stereocenters. The number of rotatable bonds is 3. The first-order valence-electron chi connectivity index (χ1n) is 9.15. The molecule has 2 aromatic rings. The lowest BCUT2D eigenvalue weighted by atomic mass is 10.1. The Labute approximate surface area is 143 Å². The maximum Gasteiger partial charge on any atom is 0.157 e. The van der Waals surface area contributed by atoms with Crippen LogP contribution in [0.2, 0.25) is 0 Å². The molecule has 2 atom stereocenters. The van der Waals surface area contributed by atoms with Crippen molar-refractivity contribution in [2.24, 2.45) is 0 Å². The number of fused-ring (bicyclic) bond motifs is 1. The van der Waals surface area contributed by atoms with Crippen molar-refractivity contribution < 1.29 is 5.11 Å². The van der Waals surface area contributed by atoms with Crippen molar-refractivity contribution in [3.8, 4) is 0 Å². The predicted molar refractivity (Wildman–Crippen MR) is 94.5 cm³/mol. The minimum Gasteiger partial charge on any atom is -0.390 e. The van der Waals surface area contributed by atoms with E-state index in [9.17, 15) is 5.11 Å². The minimum absolute atomic E-state index is 0.228. The van der Waals surface area contributed by atoms with E-state index < -0.39 is 0 Å². The Hall–Kier alpha value is -1.66. The number of likely N-dealkylation sites (tertiary alicyclic amines) is 1. The maximum atomic E-state index is 10.6. The van der Waals surface area contributed by atoms with Crippen molar-refractivity contribution in [1.82, 2.24) is 19.5 Å².